The second-order valence-corrected chi connectivity index (χ2v) is 8.22. The van der Waals surface area contributed by atoms with Gasteiger partial charge in [-0.2, -0.15) is 0 Å². The number of amides is 2. The topological polar surface area (TPSA) is 61.4 Å². The molecule has 0 fully saturated rings. The number of fused-ring (bicyclic) bond motifs is 2. The minimum atomic E-state index is -0.577. The summed E-state index contributed by atoms with van der Waals surface area (Å²) in [4.78, 5) is 28.5. The number of benzene rings is 1. The summed E-state index contributed by atoms with van der Waals surface area (Å²) in [5.74, 6) is -1.45. The van der Waals surface area contributed by atoms with E-state index in [-0.39, 0.29) is 24.3 Å². The van der Waals surface area contributed by atoms with Crippen LogP contribution in [0.15, 0.2) is 29.6 Å². The predicted molar refractivity (Wildman–Crippen MR) is 103 cm³/mol. The van der Waals surface area contributed by atoms with Crippen molar-refractivity contribution in [1.29, 1.82) is 0 Å². The van der Waals surface area contributed by atoms with Gasteiger partial charge in [-0.3, -0.25) is 14.5 Å². The molecule has 3 heterocycles. The number of carbonyl (C=O) groups excluding carboxylic acids is 2. The Balaban J connectivity index is 1.39. The Labute approximate surface area is 161 Å². The normalized spacial score (nSPS) is 20.4. The van der Waals surface area contributed by atoms with E-state index in [1.54, 1.807) is 6.07 Å². The molecule has 0 aliphatic carbocycles. The Morgan fingerprint density at radius 2 is 2.30 bits per heavy atom. The molecule has 2 aromatic rings. The van der Waals surface area contributed by atoms with Crippen LogP contribution in [0.3, 0.4) is 0 Å². The minimum absolute atomic E-state index is 0.0842. The van der Waals surface area contributed by atoms with E-state index in [2.05, 4.69) is 33.9 Å². The van der Waals surface area contributed by atoms with Gasteiger partial charge >= 0.3 is 0 Å². The van der Waals surface area contributed by atoms with Gasteiger partial charge in [-0.25, -0.2) is 4.39 Å². The Morgan fingerprint density at radius 3 is 3.15 bits per heavy atom. The SMILES string of the molecule is CC(CNC(=O)C1CC(=O)Nc2cc(F)ccc21)N1CCc2sccc2C1. The van der Waals surface area contributed by atoms with Crippen LogP contribution in [0.1, 0.15) is 35.3 Å². The number of hydrogen-bond acceptors (Lipinski definition) is 4. The van der Waals surface area contributed by atoms with Crippen molar-refractivity contribution in [3.05, 3.63) is 51.5 Å². The first kappa shape index (κ1) is 18.1. The van der Waals surface area contributed by atoms with Crippen molar-refractivity contribution >= 4 is 28.8 Å². The average molecular weight is 387 g/mol. The lowest BCUT2D eigenvalue weighted by Crippen LogP contribution is -2.45. The maximum Gasteiger partial charge on any atom is 0.228 e. The Bertz CT molecular complexity index is 882. The van der Waals surface area contributed by atoms with Crippen molar-refractivity contribution in [2.45, 2.75) is 38.3 Å². The molecule has 0 bridgehead atoms. The van der Waals surface area contributed by atoms with Gasteiger partial charge in [0.05, 0.1) is 5.92 Å². The lowest BCUT2D eigenvalue weighted by molar-refractivity contribution is -0.126. The highest BCUT2D eigenvalue weighted by molar-refractivity contribution is 7.10. The monoisotopic (exact) mass is 387 g/mol. The number of thiophene rings is 1. The van der Waals surface area contributed by atoms with E-state index in [9.17, 15) is 14.0 Å². The fraction of sp³-hybridized carbons (Fsp3) is 0.400. The molecule has 7 heteroatoms. The van der Waals surface area contributed by atoms with Gasteiger partial charge in [0.1, 0.15) is 5.82 Å². The predicted octanol–water partition coefficient (Wildman–Crippen LogP) is 2.88. The highest BCUT2D eigenvalue weighted by atomic mass is 32.1. The van der Waals surface area contributed by atoms with Gasteiger partial charge in [-0.05, 0) is 48.1 Å². The minimum Gasteiger partial charge on any atom is -0.354 e. The molecule has 0 spiro atoms. The zero-order chi connectivity index (χ0) is 19.0. The lowest BCUT2D eigenvalue weighted by atomic mass is 9.89. The van der Waals surface area contributed by atoms with Crippen LogP contribution in [0.25, 0.3) is 0 Å². The quantitative estimate of drug-likeness (QED) is 0.848. The van der Waals surface area contributed by atoms with E-state index in [0.29, 0.717) is 17.8 Å². The summed E-state index contributed by atoms with van der Waals surface area (Å²) < 4.78 is 13.4. The molecule has 2 N–H and O–H groups in total. The molecule has 2 aliphatic heterocycles. The molecule has 1 aromatic carbocycles. The first-order valence-corrected chi connectivity index (χ1v) is 10.1. The van der Waals surface area contributed by atoms with Crippen molar-refractivity contribution in [3.8, 4) is 0 Å². The zero-order valence-corrected chi connectivity index (χ0v) is 15.9. The van der Waals surface area contributed by atoms with E-state index in [0.717, 1.165) is 19.5 Å². The van der Waals surface area contributed by atoms with Gasteiger partial charge in [0.2, 0.25) is 11.8 Å². The number of hydrogen-bond donors (Lipinski definition) is 2. The number of carbonyl (C=O) groups is 2. The third-order valence-electron chi connectivity index (χ3n) is 5.40. The van der Waals surface area contributed by atoms with Crippen molar-refractivity contribution in [2.24, 2.45) is 0 Å². The number of nitrogens with zero attached hydrogens (tertiary/aromatic N) is 1. The number of anilines is 1. The number of rotatable bonds is 4. The average Bonchev–Trinajstić information content (AvgIpc) is 3.12. The summed E-state index contributed by atoms with van der Waals surface area (Å²) in [5, 5.41) is 7.77. The highest BCUT2D eigenvalue weighted by Crippen LogP contribution is 2.33. The molecule has 4 rings (SSSR count). The van der Waals surface area contributed by atoms with Crippen molar-refractivity contribution in [1.82, 2.24) is 10.2 Å². The van der Waals surface area contributed by atoms with Crippen molar-refractivity contribution in [2.75, 3.05) is 18.4 Å². The summed E-state index contributed by atoms with van der Waals surface area (Å²) in [6, 6.07) is 6.55. The van der Waals surface area contributed by atoms with Crippen LogP contribution in [-0.4, -0.2) is 35.8 Å². The zero-order valence-electron chi connectivity index (χ0n) is 15.1. The molecular weight excluding hydrogens is 365 g/mol. The summed E-state index contributed by atoms with van der Waals surface area (Å²) in [6.07, 6.45) is 1.13. The standard InChI is InChI=1S/C20H22FN3O2S/c1-12(24-6-4-18-13(11-24)5-7-27-18)10-22-20(26)16-9-19(25)23-17-8-14(21)2-3-15(16)17/h2-3,5,7-8,12,16H,4,6,9-11H2,1H3,(H,22,26)(H,23,25). The second kappa shape index (κ2) is 7.40. The molecule has 0 saturated heterocycles. The van der Waals surface area contributed by atoms with Gasteiger partial charge < -0.3 is 10.6 Å². The largest absolute Gasteiger partial charge is 0.354 e. The molecule has 2 atom stereocenters. The molecular formula is C20H22FN3O2S. The molecule has 2 unspecified atom stereocenters. The Kier molecular flexibility index (Phi) is 4.97. The fourth-order valence-electron chi connectivity index (χ4n) is 3.82. The molecule has 0 radical (unpaired) electrons. The smallest absolute Gasteiger partial charge is 0.228 e. The van der Waals surface area contributed by atoms with Gasteiger partial charge in [-0.1, -0.05) is 6.07 Å². The van der Waals surface area contributed by atoms with Gasteiger partial charge in [-0.15, -0.1) is 11.3 Å². The Hall–Kier alpha value is -2.25. The first-order chi connectivity index (χ1) is 13.0. The maximum atomic E-state index is 13.4. The van der Waals surface area contributed by atoms with Crippen LogP contribution >= 0.6 is 11.3 Å². The summed E-state index contributed by atoms with van der Waals surface area (Å²) in [5.41, 5.74) is 2.44. The summed E-state index contributed by atoms with van der Waals surface area (Å²) in [7, 11) is 0. The van der Waals surface area contributed by atoms with Crippen molar-refractivity contribution in [3.63, 3.8) is 0 Å². The van der Waals surface area contributed by atoms with Crippen LogP contribution in [0.2, 0.25) is 0 Å². The summed E-state index contributed by atoms with van der Waals surface area (Å²) in [6.45, 7) is 4.52. The van der Waals surface area contributed by atoms with Crippen LogP contribution in [0, 0.1) is 5.82 Å². The molecule has 2 amide bonds. The molecule has 2 aliphatic rings. The van der Waals surface area contributed by atoms with Crippen LogP contribution in [0.5, 0.6) is 0 Å². The maximum absolute atomic E-state index is 13.4. The molecule has 5 nitrogen and oxygen atoms in total. The van der Waals surface area contributed by atoms with E-state index < -0.39 is 11.7 Å². The number of nitrogens with one attached hydrogen (secondary N) is 2. The van der Waals surface area contributed by atoms with Gasteiger partial charge in [0.25, 0.3) is 0 Å². The molecule has 0 saturated carbocycles. The second-order valence-electron chi connectivity index (χ2n) is 7.22. The van der Waals surface area contributed by atoms with E-state index >= 15 is 0 Å². The lowest BCUT2D eigenvalue weighted by Gasteiger charge is -2.33. The molecule has 1 aromatic heterocycles. The van der Waals surface area contributed by atoms with Crippen LogP contribution < -0.4 is 10.6 Å². The van der Waals surface area contributed by atoms with Crippen LogP contribution in [0.4, 0.5) is 10.1 Å². The third-order valence-corrected chi connectivity index (χ3v) is 6.43. The summed E-state index contributed by atoms with van der Waals surface area (Å²) >= 11 is 1.81. The van der Waals surface area contributed by atoms with Gasteiger partial charge in [0.15, 0.2) is 0 Å². The van der Waals surface area contributed by atoms with Crippen molar-refractivity contribution < 1.29 is 14.0 Å². The van der Waals surface area contributed by atoms with Gasteiger partial charge in [0, 0.05) is 42.7 Å². The molecule has 27 heavy (non-hydrogen) atoms. The Morgan fingerprint density at radius 1 is 1.44 bits per heavy atom. The van der Waals surface area contributed by atoms with E-state index in [1.165, 1.54) is 22.6 Å². The number of halogens is 1. The van der Waals surface area contributed by atoms with E-state index in [4.69, 9.17) is 0 Å². The third kappa shape index (κ3) is 3.75. The highest BCUT2D eigenvalue weighted by Gasteiger charge is 2.31. The first-order valence-electron chi connectivity index (χ1n) is 9.17. The molecule has 142 valence electrons. The van der Waals surface area contributed by atoms with E-state index in [1.807, 2.05) is 11.3 Å². The fourth-order valence-corrected chi connectivity index (χ4v) is 4.71. The van der Waals surface area contributed by atoms with Crippen LogP contribution in [-0.2, 0) is 22.6 Å².